The van der Waals surface area contributed by atoms with E-state index in [1.807, 2.05) is 13.8 Å². The van der Waals surface area contributed by atoms with Crippen molar-refractivity contribution < 1.29 is 17.5 Å². The van der Waals surface area contributed by atoms with E-state index in [2.05, 4.69) is 4.72 Å². The lowest BCUT2D eigenvalue weighted by molar-refractivity contribution is 0.0569. The van der Waals surface area contributed by atoms with Crippen LogP contribution in [0, 0.1) is 11.7 Å². The predicted octanol–water partition coefficient (Wildman–Crippen LogP) is 2.10. The number of nitrogens with one attached hydrogen (secondary N) is 1. The molecule has 1 aromatic carbocycles. The summed E-state index contributed by atoms with van der Waals surface area (Å²) in [4.78, 5) is 0. The van der Waals surface area contributed by atoms with Gasteiger partial charge in [-0.25, -0.2) is 17.5 Å². The fourth-order valence-corrected chi connectivity index (χ4v) is 4.64. The Morgan fingerprint density at radius 1 is 1.33 bits per heavy atom. The first-order chi connectivity index (χ1) is 9.88. The molecule has 118 valence electrons. The number of rotatable bonds is 5. The lowest BCUT2D eigenvalue weighted by Gasteiger charge is -2.32. The van der Waals surface area contributed by atoms with Gasteiger partial charge in [0.2, 0.25) is 10.0 Å². The minimum atomic E-state index is -3.36. The van der Waals surface area contributed by atoms with E-state index in [-0.39, 0.29) is 17.8 Å². The highest BCUT2D eigenvalue weighted by atomic mass is 32.2. The normalized spacial score (nSPS) is 23.4. The largest absolute Gasteiger partial charge is 0.381 e. The van der Waals surface area contributed by atoms with E-state index in [0.717, 1.165) is 5.56 Å². The zero-order chi connectivity index (χ0) is 15.5. The van der Waals surface area contributed by atoms with E-state index in [1.54, 1.807) is 12.1 Å². The molecule has 0 bridgehead atoms. The van der Waals surface area contributed by atoms with Crippen molar-refractivity contribution in [2.75, 3.05) is 13.2 Å². The topological polar surface area (TPSA) is 55.4 Å². The molecule has 1 N–H and O–H groups in total. The van der Waals surface area contributed by atoms with Gasteiger partial charge >= 0.3 is 0 Å². The molecular weight excluding hydrogens is 293 g/mol. The lowest BCUT2D eigenvalue weighted by atomic mass is 9.93. The number of benzene rings is 1. The van der Waals surface area contributed by atoms with Crippen LogP contribution < -0.4 is 4.72 Å². The maximum absolute atomic E-state index is 12.9. The van der Waals surface area contributed by atoms with Gasteiger partial charge in [0, 0.05) is 18.6 Å². The highest BCUT2D eigenvalue weighted by molar-refractivity contribution is 7.90. The first-order valence-electron chi connectivity index (χ1n) is 7.22. The zero-order valence-electron chi connectivity index (χ0n) is 12.4. The highest BCUT2D eigenvalue weighted by Gasteiger charge is 2.36. The van der Waals surface area contributed by atoms with Crippen molar-refractivity contribution in [3.63, 3.8) is 0 Å². The van der Waals surface area contributed by atoms with E-state index in [1.165, 1.54) is 12.1 Å². The molecule has 0 saturated carbocycles. The van der Waals surface area contributed by atoms with Gasteiger partial charge in [0.15, 0.2) is 0 Å². The molecule has 0 amide bonds. The molecule has 0 aromatic heterocycles. The van der Waals surface area contributed by atoms with Crippen molar-refractivity contribution in [1.29, 1.82) is 0 Å². The molecule has 1 saturated heterocycles. The van der Waals surface area contributed by atoms with Crippen molar-refractivity contribution in [2.45, 2.75) is 38.0 Å². The first-order valence-corrected chi connectivity index (χ1v) is 8.76. The van der Waals surface area contributed by atoms with Gasteiger partial charge in [-0.1, -0.05) is 12.1 Å². The van der Waals surface area contributed by atoms with E-state index >= 15 is 0 Å². The third-order valence-electron chi connectivity index (χ3n) is 3.61. The second-order valence-corrected chi connectivity index (χ2v) is 7.74. The van der Waals surface area contributed by atoms with Gasteiger partial charge in [-0.15, -0.1) is 0 Å². The molecule has 0 radical (unpaired) electrons. The van der Waals surface area contributed by atoms with Gasteiger partial charge in [-0.05, 0) is 44.4 Å². The SMILES string of the molecule is CC(C)NS(=O)(=O)[C@H]1CCOC[C@@H]1Cc1ccc(F)cc1. The summed E-state index contributed by atoms with van der Waals surface area (Å²) in [6.45, 7) is 4.50. The Bertz CT molecular complexity index is 557. The Morgan fingerprint density at radius 2 is 2.00 bits per heavy atom. The van der Waals surface area contributed by atoms with Gasteiger partial charge in [-0.3, -0.25) is 0 Å². The number of halogens is 1. The van der Waals surface area contributed by atoms with Crippen LogP contribution in [-0.2, 0) is 21.2 Å². The van der Waals surface area contributed by atoms with Crippen LogP contribution in [0.2, 0.25) is 0 Å². The molecule has 0 spiro atoms. The van der Waals surface area contributed by atoms with Crippen LogP contribution >= 0.6 is 0 Å². The maximum Gasteiger partial charge on any atom is 0.215 e. The summed E-state index contributed by atoms with van der Waals surface area (Å²) in [6, 6.07) is 6.07. The van der Waals surface area contributed by atoms with Crippen LogP contribution in [0.4, 0.5) is 4.39 Å². The van der Waals surface area contributed by atoms with Crippen LogP contribution in [-0.4, -0.2) is 32.9 Å². The van der Waals surface area contributed by atoms with Gasteiger partial charge < -0.3 is 4.74 Å². The van der Waals surface area contributed by atoms with Crippen LogP contribution in [0.1, 0.15) is 25.8 Å². The van der Waals surface area contributed by atoms with Gasteiger partial charge in [-0.2, -0.15) is 0 Å². The summed E-state index contributed by atoms with van der Waals surface area (Å²) >= 11 is 0. The van der Waals surface area contributed by atoms with E-state index < -0.39 is 15.3 Å². The summed E-state index contributed by atoms with van der Waals surface area (Å²) < 4.78 is 45.9. The number of ether oxygens (including phenoxy) is 1. The standard InChI is InChI=1S/C15H22FNO3S/c1-11(2)17-21(18,19)15-7-8-20-10-13(15)9-12-3-5-14(16)6-4-12/h3-6,11,13,15,17H,7-10H2,1-2H3/t13-,15-/m0/s1. The van der Waals surface area contributed by atoms with Crippen molar-refractivity contribution in [2.24, 2.45) is 5.92 Å². The lowest BCUT2D eigenvalue weighted by Crippen LogP contribution is -2.46. The summed E-state index contributed by atoms with van der Waals surface area (Å²) in [5, 5.41) is -0.460. The predicted molar refractivity (Wildman–Crippen MR) is 80.0 cm³/mol. The Labute approximate surface area is 125 Å². The van der Waals surface area contributed by atoms with Gasteiger partial charge in [0.05, 0.1) is 11.9 Å². The Morgan fingerprint density at radius 3 is 2.62 bits per heavy atom. The maximum atomic E-state index is 12.9. The van der Waals surface area contributed by atoms with E-state index in [9.17, 15) is 12.8 Å². The average molecular weight is 315 g/mol. The Balaban J connectivity index is 2.13. The van der Waals surface area contributed by atoms with E-state index in [4.69, 9.17) is 4.74 Å². The average Bonchev–Trinajstić information content (AvgIpc) is 2.40. The molecule has 1 aromatic rings. The third-order valence-corrected chi connectivity index (χ3v) is 5.83. The first kappa shape index (κ1) is 16.4. The molecule has 4 nitrogen and oxygen atoms in total. The fraction of sp³-hybridized carbons (Fsp3) is 0.600. The van der Waals surface area contributed by atoms with Crippen molar-refractivity contribution in [3.05, 3.63) is 35.6 Å². The van der Waals surface area contributed by atoms with E-state index in [0.29, 0.717) is 26.1 Å². The van der Waals surface area contributed by atoms with Crippen LogP contribution in [0.3, 0.4) is 0 Å². The number of hydrogen-bond acceptors (Lipinski definition) is 3. The molecule has 1 aliphatic heterocycles. The van der Waals surface area contributed by atoms with Crippen LogP contribution in [0.15, 0.2) is 24.3 Å². The minimum Gasteiger partial charge on any atom is -0.381 e. The number of sulfonamides is 1. The number of hydrogen-bond donors (Lipinski definition) is 1. The molecule has 0 unspecified atom stereocenters. The zero-order valence-corrected chi connectivity index (χ0v) is 13.2. The van der Waals surface area contributed by atoms with Crippen molar-refractivity contribution >= 4 is 10.0 Å². The quantitative estimate of drug-likeness (QED) is 0.905. The fourth-order valence-electron chi connectivity index (χ4n) is 2.72. The molecule has 1 fully saturated rings. The monoisotopic (exact) mass is 315 g/mol. The summed E-state index contributed by atoms with van der Waals surface area (Å²) in [7, 11) is -3.36. The molecule has 1 aliphatic rings. The molecule has 2 rings (SSSR count). The minimum absolute atomic E-state index is 0.111. The molecule has 21 heavy (non-hydrogen) atoms. The summed E-state index contributed by atoms with van der Waals surface area (Å²) in [6.07, 6.45) is 1.07. The Hall–Kier alpha value is -0.980. The molecule has 1 heterocycles. The van der Waals surface area contributed by atoms with Crippen LogP contribution in [0.5, 0.6) is 0 Å². The highest BCUT2D eigenvalue weighted by Crippen LogP contribution is 2.25. The third kappa shape index (κ3) is 4.49. The molecule has 6 heteroatoms. The molecule has 2 atom stereocenters. The van der Waals surface area contributed by atoms with Crippen molar-refractivity contribution in [1.82, 2.24) is 4.72 Å². The van der Waals surface area contributed by atoms with Gasteiger partial charge in [0.25, 0.3) is 0 Å². The Kier molecular flexibility index (Phi) is 5.35. The summed E-state index contributed by atoms with van der Waals surface area (Å²) in [5.74, 6) is -0.398. The van der Waals surface area contributed by atoms with Crippen LogP contribution in [0.25, 0.3) is 0 Å². The second-order valence-electron chi connectivity index (χ2n) is 5.81. The second kappa shape index (κ2) is 6.85. The summed E-state index contributed by atoms with van der Waals surface area (Å²) in [5.41, 5.74) is 0.927. The molecule has 0 aliphatic carbocycles. The van der Waals surface area contributed by atoms with Crippen molar-refractivity contribution in [3.8, 4) is 0 Å². The van der Waals surface area contributed by atoms with Gasteiger partial charge in [0.1, 0.15) is 5.82 Å². The smallest absolute Gasteiger partial charge is 0.215 e. The molecular formula is C15H22FNO3S.